The van der Waals surface area contributed by atoms with Gasteiger partial charge in [-0.15, -0.1) is 0 Å². The summed E-state index contributed by atoms with van der Waals surface area (Å²) < 4.78 is 36.0. The van der Waals surface area contributed by atoms with Crippen molar-refractivity contribution in [2.75, 3.05) is 44.7 Å². The van der Waals surface area contributed by atoms with E-state index in [9.17, 15) is 14.4 Å². The number of piperazine rings is 1. The van der Waals surface area contributed by atoms with Crippen molar-refractivity contribution in [3.63, 3.8) is 0 Å². The van der Waals surface area contributed by atoms with Gasteiger partial charge < -0.3 is 19.4 Å². The molecule has 1 aliphatic carbocycles. The van der Waals surface area contributed by atoms with Crippen molar-refractivity contribution in [3.8, 4) is 23.2 Å². The summed E-state index contributed by atoms with van der Waals surface area (Å²) in [6, 6.07) is 11.3. The number of nitriles is 1. The number of hydrogen-bond acceptors (Lipinski definition) is 7. The summed E-state index contributed by atoms with van der Waals surface area (Å²) in [5.74, 6) is -1.29. The van der Waals surface area contributed by atoms with Gasteiger partial charge in [-0.05, 0) is 74.0 Å². The number of carbonyl (C=O) groups is 1. The van der Waals surface area contributed by atoms with Crippen LogP contribution in [0.2, 0.25) is 0 Å². The number of benzene rings is 2. The maximum absolute atomic E-state index is 16.0. The molecule has 3 aliphatic rings. The zero-order valence-corrected chi connectivity index (χ0v) is 24.7. The maximum atomic E-state index is 16.0. The third-order valence-corrected chi connectivity index (χ3v) is 9.11. The highest BCUT2D eigenvalue weighted by molar-refractivity contribution is 5.94. The summed E-state index contributed by atoms with van der Waals surface area (Å²) in [6.07, 6.45) is 4.01. The van der Waals surface area contributed by atoms with Crippen LogP contribution in [-0.4, -0.2) is 77.6 Å². The zero-order valence-electron chi connectivity index (χ0n) is 24.7. The van der Waals surface area contributed by atoms with Crippen LogP contribution in [0.15, 0.2) is 42.7 Å². The lowest BCUT2D eigenvalue weighted by atomic mass is 9.95. The fourth-order valence-corrected chi connectivity index (χ4v) is 6.85. The molecule has 0 N–H and O–H groups in total. The van der Waals surface area contributed by atoms with Crippen LogP contribution >= 0.6 is 0 Å². The van der Waals surface area contributed by atoms with Crippen LogP contribution < -0.4 is 9.64 Å². The highest BCUT2D eigenvalue weighted by Crippen LogP contribution is 2.39. The van der Waals surface area contributed by atoms with Crippen molar-refractivity contribution >= 4 is 22.6 Å². The van der Waals surface area contributed by atoms with Crippen LogP contribution in [0.5, 0.6) is 6.01 Å². The molecule has 2 aromatic carbocycles. The van der Waals surface area contributed by atoms with E-state index >= 15 is 4.39 Å². The highest BCUT2D eigenvalue weighted by Gasteiger charge is 2.34. The van der Waals surface area contributed by atoms with Gasteiger partial charge in [0.15, 0.2) is 5.83 Å². The van der Waals surface area contributed by atoms with E-state index in [2.05, 4.69) is 37.6 Å². The minimum atomic E-state index is -1.06. The van der Waals surface area contributed by atoms with Crippen molar-refractivity contribution in [3.05, 3.63) is 59.7 Å². The average molecular weight is 587 g/mol. The van der Waals surface area contributed by atoms with E-state index in [-0.39, 0.29) is 37.4 Å². The van der Waals surface area contributed by atoms with Gasteiger partial charge in [0, 0.05) is 36.6 Å². The molecule has 2 fully saturated rings. The van der Waals surface area contributed by atoms with Crippen LogP contribution in [0.4, 0.5) is 14.6 Å². The van der Waals surface area contributed by atoms with Crippen molar-refractivity contribution in [2.24, 2.45) is 5.92 Å². The predicted octanol–water partition coefficient (Wildman–Crippen LogP) is 5.06. The van der Waals surface area contributed by atoms with E-state index in [1.807, 2.05) is 17.0 Å². The largest absolute Gasteiger partial charge is 0.462 e. The number of nitrogens with zero attached hydrogens (tertiary/aromatic N) is 6. The second-order valence-electron chi connectivity index (χ2n) is 12.1. The number of hydrogen-bond donors (Lipinski definition) is 0. The van der Waals surface area contributed by atoms with Gasteiger partial charge in [-0.25, -0.2) is 8.78 Å². The van der Waals surface area contributed by atoms with Gasteiger partial charge in [-0.3, -0.25) is 4.79 Å². The molecule has 2 aliphatic heterocycles. The first-order chi connectivity index (χ1) is 20.7. The molecule has 1 unspecified atom stereocenters. The van der Waals surface area contributed by atoms with Crippen molar-refractivity contribution in [1.82, 2.24) is 19.8 Å². The van der Waals surface area contributed by atoms with Crippen molar-refractivity contribution in [2.45, 2.75) is 51.1 Å². The molecule has 224 valence electrons. The van der Waals surface area contributed by atoms with Crippen molar-refractivity contribution < 1.29 is 18.3 Å². The van der Waals surface area contributed by atoms with Gasteiger partial charge in [0.25, 0.3) is 5.91 Å². The molecule has 0 bridgehead atoms. The lowest BCUT2D eigenvalue weighted by Crippen LogP contribution is -2.55. The number of likely N-dealkylation sites (N-methyl/N-ethyl adjacent to an activating group) is 1. The van der Waals surface area contributed by atoms with E-state index < -0.39 is 17.8 Å². The van der Waals surface area contributed by atoms with Crippen LogP contribution in [0.3, 0.4) is 0 Å². The van der Waals surface area contributed by atoms with E-state index in [0.29, 0.717) is 41.4 Å². The lowest BCUT2D eigenvalue weighted by molar-refractivity contribution is -0.131. The number of fused-ring (bicyclic) bond motifs is 2. The Balaban J connectivity index is 1.41. The van der Waals surface area contributed by atoms with Gasteiger partial charge >= 0.3 is 6.01 Å². The predicted molar refractivity (Wildman–Crippen MR) is 161 cm³/mol. The fourth-order valence-electron chi connectivity index (χ4n) is 6.85. The van der Waals surface area contributed by atoms with Gasteiger partial charge in [0.05, 0.1) is 24.0 Å². The number of aromatic nitrogens is 2. The molecular formula is C33H36F2N6O2. The first kappa shape index (κ1) is 29.0. The molecule has 3 aromatic rings. The number of ether oxygens (including phenoxy) is 1. The Kier molecular flexibility index (Phi) is 8.01. The third kappa shape index (κ3) is 5.66. The molecule has 0 spiro atoms. The maximum Gasteiger partial charge on any atom is 0.319 e. The highest BCUT2D eigenvalue weighted by atomic mass is 19.1. The minimum Gasteiger partial charge on any atom is -0.462 e. The number of anilines is 1. The number of rotatable bonds is 7. The zero-order chi connectivity index (χ0) is 30.2. The molecule has 3 atom stereocenters. The van der Waals surface area contributed by atoms with Crippen LogP contribution in [-0.2, 0) is 17.6 Å². The second-order valence-corrected chi connectivity index (χ2v) is 12.1. The van der Waals surface area contributed by atoms with Crippen LogP contribution in [0, 0.1) is 23.1 Å². The molecular weight excluding hydrogens is 550 g/mol. The van der Waals surface area contributed by atoms with Gasteiger partial charge in [-0.2, -0.15) is 15.2 Å². The second kappa shape index (κ2) is 11.9. The Hall–Kier alpha value is -4.10. The smallest absolute Gasteiger partial charge is 0.319 e. The van der Waals surface area contributed by atoms with E-state index in [1.54, 1.807) is 6.07 Å². The summed E-state index contributed by atoms with van der Waals surface area (Å²) >= 11 is 0. The quantitative estimate of drug-likeness (QED) is 0.358. The molecule has 2 saturated heterocycles. The summed E-state index contributed by atoms with van der Waals surface area (Å²) in [7, 11) is 2.07. The van der Waals surface area contributed by atoms with Gasteiger partial charge in [0.1, 0.15) is 18.2 Å². The Bertz CT molecular complexity index is 1620. The number of halogens is 2. The molecule has 1 aromatic heterocycles. The Morgan fingerprint density at radius 1 is 1.16 bits per heavy atom. The average Bonchev–Trinajstić information content (AvgIpc) is 3.59. The SMILES string of the molecule is C=C(F)C(=O)N1CCN(c2nc(OC[C@@H]3CCCN3C)nc3cc(-c4cccc5c4CC(C)C5)c(F)cc23)C[C@@H]1CC#N. The Labute approximate surface area is 250 Å². The summed E-state index contributed by atoms with van der Waals surface area (Å²) in [5.41, 5.74) is 4.35. The normalized spacial score (nSPS) is 22.1. The van der Waals surface area contributed by atoms with Gasteiger partial charge in [0.2, 0.25) is 0 Å². The number of carbonyl (C=O) groups excluding carboxylic acids is 1. The molecule has 1 amide bonds. The van der Waals surface area contributed by atoms with Crippen molar-refractivity contribution in [1.29, 1.82) is 5.26 Å². The Morgan fingerprint density at radius 2 is 2.00 bits per heavy atom. The third-order valence-electron chi connectivity index (χ3n) is 9.11. The van der Waals surface area contributed by atoms with Gasteiger partial charge in [-0.1, -0.05) is 31.7 Å². The lowest BCUT2D eigenvalue weighted by Gasteiger charge is -2.41. The number of amides is 1. The first-order valence-electron chi connectivity index (χ1n) is 15.0. The first-order valence-corrected chi connectivity index (χ1v) is 15.0. The molecule has 0 saturated carbocycles. The topological polar surface area (TPSA) is 85.6 Å². The number of likely N-dealkylation sites (tertiary alicyclic amines) is 1. The molecule has 10 heteroatoms. The fraction of sp³-hybridized carbons (Fsp3) is 0.455. The monoisotopic (exact) mass is 586 g/mol. The molecule has 43 heavy (non-hydrogen) atoms. The minimum absolute atomic E-state index is 0.00591. The van der Waals surface area contributed by atoms with E-state index in [1.165, 1.54) is 22.1 Å². The summed E-state index contributed by atoms with van der Waals surface area (Å²) in [5, 5.41) is 9.97. The summed E-state index contributed by atoms with van der Waals surface area (Å²) in [4.78, 5) is 27.5. The molecule has 8 nitrogen and oxygen atoms in total. The molecule has 0 radical (unpaired) electrons. The standard InChI is InChI=1S/C33H36F2N6O2/c1-20-14-22-6-4-8-25(26(22)15-20)27-17-30-28(16-29(27)35)31(38-33(37-30)43-19-24-7-5-11-39(24)3)40-12-13-41(32(42)21(2)34)23(18-40)9-10-36/h4,6,8,16-17,20,23-24H,2,5,7,9,11-15,18-19H2,1,3H3/t20?,23-,24-/m0/s1. The van der Waals surface area contributed by atoms with Crippen LogP contribution in [0.25, 0.3) is 22.0 Å². The van der Waals surface area contributed by atoms with E-state index in [0.717, 1.165) is 37.8 Å². The Morgan fingerprint density at radius 3 is 2.74 bits per heavy atom. The van der Waals surface area contributed by atoms with E-state index in [4.69, 9.17) is 14.7 Å². The summed E-state index contributed by atoms with van der Waals surface area (Å²) in [6.45, 7) is 7.49. The molecule has 6 rings (SSSR count). The van der Waals surface area contributed by atoms with Crippen LogP contribution in [0.1, 0.15) is 37.3 Å². The molecule has 3 heterocycles.